The summed E-state index contributed by atoms with van der Waals surface area (Å²) in [6.45, 7) is 1.86. The van der Waals surface area contributed by atoms with Crippen molar-refractivity contribution in [1.29, 1.82) is 0 Å². The first kappa shape index (κ1) is 13.8. The third-order valence-corrected chi connectivity index (χ3v) is 2.52. The third kappa shape index (κ3) is 3.95. The number of allylic oxidation sites excluding steroid dienone is 3. The highest BCUT2D eigenvalue weighted by molar-refractivity contribution is 5.87. The Balaban J connectivity index is 2.00. The first-order valence-electron chi connectivity index (χ1n) is 6.15. The number of ether oxygens (including phenoxy) is 1. The molecule has 4 heteroatoms. The second-order valence-corrected chi connectivity index (χ2v) is 4.16. The molecule has 0 radical (unpaired) electrons. The summed E-state index contributed by atoms with van der Waals surface area (Å²) in [5, 5.41) is 0.844. The van der Waals surface area contributed by atoms with Crippen LogP contribution in [0.3, 0.4) is 0 Å². The van der Waals surface area contributed by atoms with Gasteiger partial charge in [-0.1, -0.05) is 12.2 Å². The predicted octanol–water partition coefficient (Wildman–Crippen LogP) is 2.87. The van der Waals surface area contributed by atoms with Gasteiger partial charge in [0.2, 0.25) is 0 Å². The van der Waals surface area contributed by atoms with Crippen LogP contribution in [0.25, 0.3) is 11.0 Å². The van der Waals surface area contributed by atoms with Gasteiger partial charge in [-0.05, 0) is 37.3 Å². The molecular formula is C16H14O4. The minimum Gasteiger partial charge on any atom is -0.489 e. The van der Waals surface area contributed by atoms with E-state index in [4.69, 9.17) is 9.15 Å². The molecule has 0 saturated carbocycles. The van der Waals surface area contributed by atoms with Gasteiger partial charge in [-0.15, -0.1) is 0 Å². The lowest BCUT2D eigenvalue weighted by Crippen LogP contribution is -1.96. The van der Waals surface area contributed by atoms with E-state index < -0.39 is 0 Å². The van der Waals surface area contributed by atoms with Crippen molar-refractivity contribution in [2.75, 3.05) is 6.61 Å². The molecule has 2 aromatic rings. The van der Waals surface area contributed by atoms with Gasteiger partial charge in [0.25, 0.3) is 0 Å². The smallest absolute Gasteiger partial charge is 0.336 e. The minimum atomic E-state index is -0.385. The predicted molar refractivity (Wildman–Crippen MR) is 76.9 cm³/mol. The number of benzene rings is 1. The van der Waals surface area contributed by atoms with Crippen molar-refractivity contribution in [3.8, 4) is 5.75 Å². The van der Waals surface area contributed by atoms with Crippen molar-refractivity contribution in [1.82, 2.24) is 0 Å². The summed E-state index contributed by atoms with van der Waals surface area (Å²) in [4.78, 5) is 21.8. The molecule has 0 unspecified atom stereocenters. The summed E-state index contributed by atoms with van der Waals surface area (Å²) in [5.41, 5.74) is 0.111. The monoisotopic (exact) mass is 270 g/mol. The van der Waals surface area contributed by atoms with Gasteiger partial charge in [-0.25, -0.2) is 4.79 Å². The number of fused-ring (bicyclic) bond motifs is 1. The summed E-state index contributed by atoms with van der Waals surface area (Å²) >= 11 is 0. The first-order chi connectivity index (χ1) is 9.65. The van der Waals surface area contributed by atoms with Crippen molar-refractivity contribution in [2.24, 2.45) is 0 Å². The number of carbonyl (C=O) groups is 1. The van der Waals surface area contributed by atoms with E-state index in [-0.39, 0.29) is 11.4 Å². The van der Waals surface area contributed by atoms with Crippen LogP contribution >= 0.6 is 0 Å². The Kier molecular flexibility index (Phi) is 4.50. The zero-order chi connectivity index (χ0) is 14.4. The molecule has 0 aliphatic rings. The molecule has 0 spiro atoms. The van der Waals surface area contributed by atoms with E-state index in [0.29, 0.717) is 17.9 Å². The Morgan fingerprint density at radius 2 is 2.05 bits per heavy atom. The molecule has 0 N–H and O–H groups in total. The van der Waals surface area contributed by atoms with Crippen LogP contribution in [0.1, 0.15) is 6.92 Å². The van der Waals surface area contributed by atoms with E-state index in [2.05, 4.69) is 0 Å². The van der Waals surface area contributed by atoms with Crippen molar-refractivity contribution in [3.05, 3.63) is 65.1 Å². The summed E-state index contributed by atoms with van der Waals surface area (Å²) in [6, 6.07) is 8.40. The largest absolute Gasteiger partial charge is 0.489 e. The van der Waals surface area contributed by atoms with E-state index in [1.165, 1.54) is 19.1 Å². The Bertz CT molecular complexity index is 723. The zero-order valence-corrected chi connectivity index (χ0v) is 11.0. The van der Waals surface area contributed by atoms with Gasteiger partial charge in [0.1, 0.15) is 17.9 Å². The molecule has 0 aliphatic heterocycles. The average Bonchev–Trinajstić information content (AvgIpc) is 2.42. The molecule has 20 heavy (non-hydrogen) atoms. The van der Waals surface area contributed by atoms with Crippen LogP contribution in [0.4, 0.5) is 0 Å². The first-order valence-corrected chi connectivity index (χ1v) is 6.15. The average molecular weight is 270 g/mol. The molecule has 2 rings (SSSR count). The summed E-state index contributed by atoms with van der Waals surface area (Å²) < 4.78 is 10.6. The van der Waals surface area contributed by atoms with Crippen LogP contribution in [0.5, 0.6) is 5.75 Å². The lowest BCUT2D eigenvalue weighted by molar-refractivity contribution is -0.112. The number of carbonyl (C=O) groups excluding carboxylic acids is 1. The van der Waals surface area contributed by atoms with Gasteiger partial charge in [-0.3, -0.25) is 4.79 Å². The molecule has 1 aromatic carbocycles. The molecular weight excluding hydrogens is 256 g/mol. The topological polar surface area (TPSA) is 56.5 Å². The van der Waals surface area contributed by atoms with E-state index in [0.717, 1.165) is 5.39 Å². The van der Waals surface area contributed by atoms with Gasteiger partial charge in [0.05, 0.1) is 0 Å². The Morgan fingerprint density at radius 1 is 1.25 bits per heavy atom. The Morgan fingerprint density at radius 3 is 2.85 bits per heavy atom. The molecule has 0 saturated heterocycles. The molecule has 0 bridgehead atoms. The summed E-state index contributed by atoms with van der Waals surface area (Å²) in [7, 11) is 0. The molecule has 0 aliphatic carbocycles. The van der Waals surface area contributed by atoms with Crippen molar-refractivity contribution in [2.45, 2.75) is 6.92 Å². The van der Waals surface area contributed by atoms with E-state index in [1.54, 1.807) is 30.4 Å². The lowest BCUT2D eigenvalue weighted by atomic mass is 10.2. The maximum Gasteiger partial charge on any atom is 0.336 e. The molecule has 1 aromatic heterocycles. The SMILES string of the molecule is CC(=O)/C=C/C=C/COc1ccc2ccc(=O)oc2c1. The summed E-state index contributed by atoms with van der Waals surface area (Å²) in [5.74, 6) is 0.618. The number of hydrogen-bond acceptors (Lipinski definition) is 4. The number of ketones is 1. The van der Waals surface area contributed by atoms with E-state index in [9.17, 15) is 9.59 Å². The highest BCUT2D eigenvalue weighted by Gasteiger charge is 1.99. The highest BCUT2D eigenvalue weighted by Crippen LogP contribution is 2.19. The van der Waals surface area contributed by atoms with Crippen LogP contribution in [0.2, 0.25) is 0 Å². The summed E-state index contributed by atoms with van der Waals surface area (Å²) in [6.07, 6.45) is 6.65. The maximum absolute atomic E-state index is 11.1. The van der Waals surface area contributed by atoms with Crippen LogP contribution in [-0.4, -0.2) is 12.4 Å². The van der Waals surface area contributed by atoms with Crippen LogP contribution in [-0.2, 0) is 4.79 Å². The fourth-order valence-electron chi connectivity index (χ4n) is 1.60. The molecule has 0 atom stereocenters. The fourth-order valence-corrected chi connectivity index (χ4v) is 1.60. The van der Waals surface area contributed by atoms with Crippen LogP contribution in [0, 0.1) is 0 Å². The number of hydrogen-bond donors (Lipinski definition) is 0. The second-order valence-electron chi connectivity index (χ2n) is 4.16. The van der Waals surface area contributed by atoms with Crippen molar-refractivity contribution >= 4 is 16.8 Å². The Hall–Kier alpha value is -2.62. The van der Waals surface area contributed by atoms with Crippen LogP contribution < -0.4 is 10.4 Å². The normalized spacial score (nSPS) is 11.4. The minimum absolute atomic E-state index is 0.000117. The van der Waals surface area contributed by atoms with Gasteiger partial charge in [0.15, 0.2) is 5.78 Å². The molecule has 1 heterocycles. The Labute approximate surface area is 116 Å². The van der Waals surface area contributed by atoms with Crippen molar-refractivity contribution < 1.29 is 13.9 Å². The van der Waals surface area contributed by atoms with E-state index in [1.807, 2.05) is 12.1 Å². The zero-order valence-electron chi connectivity index (χ0n) is 11.0. The van der Waals surface area contributed by atoms with Gasteiger partial charge in [0, 0.05) is 17.5 Å². The van der Waals surface area contributed by atoms with E-state index >= 15 is 0 Å². The molecule has 0 fully saturated rings. The molecule has 0 amide bonds. The quantitative estimate of drug-likeness (QED) is 0.476. The van der Waals surface area contributed by atoms with Gasteiger partial charge in [-0.2, -0.15) is 0 Å². The standard InChI is InChI=1S/C16H14O4/c1-12(17)5-3-2-4-10-19-14-8-6-13-7-9-16(18)20-15(13)11-14/h2-9,11H,10H2,1H3/b4-2+,5-3+. The molecule has 4 nitrogen and oxygen atoms in total. The van der Waals surface area contributed by atoms with Crippen LogP contribution in [0.15, 0.2) is 63.8 Å². The number of rotatable bonds is 5. The van der Waals surface area contributed by atoms with Gasteiger partial charge < -0.3 is 9.15 Å². The maximum atomic E-state index is 11.1. The second kappa shape index (κ2) is 6.52. The van der Waals surface area contributed by atoms with Crippen molar-refractivity contribution in [3.63, 3.8) is 0 Å². The molecule has 102 valence electrons. The third-order valence-electron chi connectivity index (χ3n) is 2.52. The fraction of sp³-hybridized carbons (Fsp3) is 0.125. The van der Waals surface area contributed by atoms with Gasteiger partial charge >= 0.3 is 5.63 Å². The lowest BCUT2D eigenvalue weighted by Gasteiger charge is -2.03. The highest BCUT2D eigenvalue weighted by atomic mass is 16.5.